The molecule has 5 N–H and O–H groups in total. The molecule has 7 nitrogen and oxygen atoms in total. The zero-order valence-corrected chi connectivity index (χ0v) is 14.6. The van der Waals surface area contributed by atoms with E-state index < -0.39 is 5.92 Å². The second-order valence-corrected chi connectivity index (χ2v) is 7.70. The summed E-state index contributed by atoms with van der Waals surface area (Å²) in [5, 5.41) is 12.8. The zero-order valence-electron chi connectivity index (χ0n) is 14.6. The maximum absolute atomic E-state index is 13.0. The first-order valence-corrected chi connectivity index (χ1v) is 8.47. The van der Waals surface area contributed by atoms with Gasteiger partial charge in [-0.25, -0.2) is 0 Å². The number of aromatic amines is 1. The second-order valence-electron chi connectivity index (χ2n) is 7.70. The van der Waals surface area contributed by atoms with E-state index in [1.807, 2.05) is 13.8 Å². The topological polar surface area (TPSA) is 121 Å². The molecule has 1 aliphatic heterocycles. The van der Waals surface area contributed by atoms with E-state index in [-0.39, 0.29) is 28.5 Å². The molecule has 0 saturated heterocycles. The van der Waals surface area contributed by atoms with Crippen LogP contribution < -0.4 is 16.6 Å². The predicted octanol–water partition coefficient (Wildman–Crippen LogP) is 2.26. The maximum Gasteiger partial charge on any atom is 0.258 e. The Kier molecular flexibility index (Phi) is 3.44. The van der Waals surface area contributed by atoms with Crippen LogP contribution in [0.4, 0.5) is 11.8 Å². The van der Waals surface area contributed by atoms with E-state index in [0.29, 0.717) is 29.8 Å². The summed E-state index contributed by atoms with van der Waals surface area (Å²) in [5.41, 5.74) is 7.67. The highest BCUT2D eigenvalue weighted by atomic mass is 16.3. The van der Waals surface area contributed by atoms with Crippen LogP contribution in [0.15, 0.2) is 40.3 Å². The number of carbonyl (C=O) groups is 1. The average Bonchev–Trinajstić information content (AvgIpc) is 2.52. The van der Waals surface area contributed by atoms with Gasteiger partial charge in [0, 0.05) is 23.6 Å². The molecule has 0 spiro atoms. The van der Waals surface area contributed by atoms with Crippen molar-refractivity contribution >= 4 is 17.5 Å². The van der Waals surface area contributed by atoms with Crippen LogP contribution in [-0.2, 0) is 4.79 Å². The molecule has 1 unspecified atom stereocenters. The first-order valence-electron chi connectivity index (χ1n) is 8.47. The predicted molar refractivity (Wildman–Crippen MR) is 97.9 cm³/mol. The lowest BCUT2D eigenvalue weighted by atomic mass is 9.69. The first-order chi connectivity index (χ1) is 12.2. The summed E-state index contributed by atoms with van der Waals surface area (Å²) < 4.78 is 0. The lowest BCUT2D eigenvalue weighted by Crippen LogP contribution is -2.37. The molecule has 1 aromatic heterocycles. The van der Waals surface area contributed by atoms with Gasteiger partial charge in [0.05, 0.1) is 5.56 Å². The van der Waals surface area contributed by atoms with E-state index in [1.165, 1.54) is 0 Å². The fraction of sp³-hybridized carbons (Fsp3) is 0.316. The molecule has 0 saturated carbocycles. The van der Waals surface area contributed by atoms with Crippen LogP contribution in [0.2, 0.25) is 0 Å². The van der Waals surface area contributed by atoms with Crippen LogP contribution in [0.3, 0.4) is 0 Å². The minimum absolute atomic E-state index is 0.0173. The Labute approximate surface area is 150 Å². The number of hydrogen-bond acceptors (Lipinski definition) is 6. The van der Waals surface area contributed by atoms with E-state index in [2.05, 4.69) is 15.3 Å². The summed E-state index contributed by atoms with van der Waals surface area (Å²) in [4.78, 5) is 32.4. The number of fused-ring (bicyclic) bond motifs is 1. The molecule has 1 atom stereocenters. The number of nitrogen functional groups attached to an aromatic ring is 1. The number of benzene rings is 1. The molecule has 7 heteroatoms. The van der Waals surface area contributed by atoms with Crippen molar-refractivity contribution in [3.05, 3.63) is 57.0 Å². The van der Waals surface area contributed by atoms with Gasteiger partial charge in [-0.15, -0.1) is 0 Å². The minimum atomic E-state index is -0.540. The Morgan fingerprint density at radius 2 is 1.88 bits per heavy atom. The van der Waals surface area contributed by atoms with Crippen molar-refractivity contribution in [3.8, 4) is 5.75 Å². The molecule has 26 heavy (non-hydrogen) atoms. The van der Waals surface area contributed by atoms with Crippen molar-refractivity contribution in [2.75, 3.05) is 11.1 Å². The SMILES string of the molecule is CC1(C)CC(=O)C2=C(C1)Nc1nc(N)[nH]c(=O)c1C2c1ccc(O)cc1. The van der Waals surface area contributed by atoms with E-state index in [0.717, 1.165) is 11.3 Å². The summed E-state index contributed by atoms with van der Waals surface area (Å²) in [6.45, 7) is 4.09. The Hall–Kier alpha value is -3.09. The normalized spacial score (nSPS) is 21.0. The number of nitrogens with one attached hydrogen (secondary N) is 2. The van der Waals surface area contributed by atoms with Gasteiger partial charge in [0.2, 0.25) is 5.95 Å². The summed E-state index contributed by atoms with van der Waals surface area (Å²) in [6, 6.07) is 6.55. The van der Waals surface area contributed by atoms with Crippen molar-refractivity contribution in [3.63, 3.8) is 0 Å². The molecule has 1 aliphatic carbocycles. The number of anilines is 2. The van der Waals surface area contributed by atoms with Gasteiger partial charge in [0.25, 0.3) is 5.56 Å². The minimum Gasteiger partial charge on any atom is -0.508 e. The average molecular weight is 352 g/mol. The number of hydrogen-bond donors (Lipinski definition) is 4. The van der Waals surface area contributed by atoms with Crippen LogP contribution in [0, 0.1) is 5.41 Å². The van der Waals surface area contributed by atoms with E-state index in [1.54, 1.807) is 24.3 Å². The number of allylic oxidation sites excluding steroid dienone is 2. The molecule has 134 valence electrons. The van der Waals surface area contributed by atoms with Gasteiger partial charge in [-0.05, 0) is 29.5 Å². The van der Waals surface area contributed by atoms with Crippen molar-refractivity contribution in [2.45, 2.75) is 32.6 Å². The standard InChI is InChI=1S/C19H20N4O3/c1-19(2)7-11-14(12(25)8-19)13(9-3-5-10(24)6-4-9)15-16(21-11)22-18(20)23-17(15)26/h3-6,13,24H,7-8H2,1-2H3,(H4,20,21,22,23,26). The molecular weight excluding hydrogens is 332 g/mol. The van der Waals surface area contributed by atoms with Crippen molar-refractivity contribution in [2.24, 2.45) is 5.41 Å². The van der Waals surface area contributed by atoms with Gasteiger partial charge in [-0.2, -0.15) is 4.98 Å². The summed E-state index contributed by atoms with van der Waals surface area (Å²) in [7, 11) is 0. The van der Waals surface area contributed by atoms with Crippen molar-refractivity contribution < 1.29 is 9.90 Å². The Bertz CT molecular complexity index is 1000. The number of rotatable bonds is 1. The lowest BCUT2D eigenvalue weighted by molar-refractivity contribution is -0.118. The number of Topliss-reactive ketones (excluding diaryl/α,β-unsaturated/α-hetero) is 1. The smallest absolute Gasteiger partial charge is 0.258 e. The molecule has 0 radical (unpaired) electrons. The van der Waals surface area contributed by atoms with Crippen molar-refractivity contribution in [1.29, 1.82) is 0 Å². The lowest BCUT2D eigenvalue weighted by Gasteiger charge is -2.38. The Morgan fingerprint density at radius 1 is 1.19 bits per heavy atom. The largest absolute Gasteiger partial charge is 0.508 e. The monoisotopic (exact) mass is 352 g/mol. The number of nitrogens with zero attached hydrogens (tertiary/aromatic N) is 1. The first kappa shape index (κ1) is 16.4. The fourth-order valence-corrected chi connectivity index (χ4v) is 3.93. The number of ketones is 1. The highest BCUT2D eigenvalue weighted by Gasteiger charge is 2.42. The maximum atomic E-state index is 13.0. The van der Waals surface area contributed by atoms with E-state index in [4.69, 9.17) is 5.73 Å². The molecular formula is C19H20N4O3. The Balaban J connectivity index is 1.99. The van der Waals surface area contributed by atoms with Gasteiger partial charge < -0.3 is 16.2 Å². The van der Waals surface area contributed by atoms with E-state index in [9.17, 15) is 14.7 Å². The third-order valence-electron chi connectivity index (χ3n) is 4.97. The zero-order chi connectivity index (χ0) is 18.6. The van der Waals surface area contributed by atoms with Crippen molar-refractivity contribution in [1.82, 2.24) is 9.97 Å². The third-order valence-corrected chi connectivity index (χ3v) is 4.97. The van der Waals surface area contributed by atoms with Crippen LogP contribution in [-0.4, -0.2) is 20.9 Å². The quantitative estimate of drug-likeness (QED) is 0.625. The molecule has 0 amide bonds. The number of phenols is 1. The summed E-state index contributed by atoms with van der Waals surface area (Å²) in [6.07, 6.45) is 1.09. The number of carbonyl (C=O) groups excluding carboxylic acids is 1. The summed E-state index contributed by atoms with van der Waals surface area (Å²) >= 11 is 0. The van der Waals surface area contributed by atoms with Gasteiger partial charge in [-0.1, -0.05) is 26.0 Å². The molecule has 2 aromatic rings. The molecule has 4 rings (SSSR count). The molecule has 0 fully saturated rings. The molecule has 1 aromatic carbocycles. The number of H-pyrrole nitrogens is 1. The highest BCUT2D eigenvalue weighted by Crippen LogP contribution is 2.47. The van der Waals surface area contributed by atoms with Gasteiger partial charge in [0.1, 0.15) is 11.6 Å². The number of nitrogens with two attached hydrogens (primary N) is 1. The van der Waals surface area contributed by atoms with Gasteiger partial charge in [0.15, 0.2) is 5.78 Å². The highest BCUT2D eigenvalue weighted by molar-refractivity contribution is 6.01. The fourth-order valence-electron chi connectivity index (χ4n) is 3.93. The van der Waals surface area contributed by atoms with Gasteiger partial charge >= 0.3 is 0 Å². The van der Waals surface area contributed by atoms with Crippen LogP contribution >= 0.6 is 0 Å². The number of aromatic hydroxyl groups is 1. The molecule has 2 heterocycles. The van der Waals surface area contributed by atoms with Crippen LogP contribution in [0.5, 0.6) is 5.75 Å². The number of aromatic nitrogens is 2. The van der Waals surface area contributed by atoms with Crippen LogP contribution in [0.25, 0.3) is 0 Å². The van der Waals surface area contributed by atoms with E-state index >= 15 is 0 Å². The number of phenolic OH excluding ortho intramolecular Hbond substituents is 1. The third kappa shape index (κ3) is 2.56. The molecule has 2 aliphatic rings. The second kappa shape index (κ2) is 5.45. The molecule has 0 bridgehead atoms. The summed E-state index contributed by atoms with van der Waals surface area (Å²) in [5.74, 6) is 0.00767. The van der Waals surface area contributed by atoms with Gasteiger partial charge in [-0.3, -0.25) is 14.6 Å². The van der Waals surface area contributed by atoms with Crippen LogP contribution in [0.1, 0.15) is 43.7 Å². The Morgan fingerprint density at radius 3 is 2.58 bits per heavy atom.